The molecule has 2 saturated heterocycles. The van der Waals surface area contributed by atoms with Gasteiger partial charge < -0.3 is 20.4 Å². The second kappa shape index (κ2) is 13.2. The molecular formula is C32H42N4O2. The van der Waals surface area contributed by atoms with Crippen LogP contribution in [0.1, 0.15) is 64.2 Å². The minimum absolute atomic E-state index is 0.0746. The van der Waals surface area contributed by atoms with Crippen LogP contribution in [0.15, 0.2) is 48.5 Å². The molecule has 0 aromatic heterocycles. The van der Waals surface area contributed by atoms with Crippen molar-refractivity contribution in [3.63, 3.8) is 0 Å². The molecule has 0 atom stereocenters. The van der Waals surface area contributed by atoms with Gasteiger partial charge in [0.1, 0.15) is 0 Å². The molecule has 2 aliphatic heterocycles. The van der Waals surface area contributed by atoms with E-state index >= 15 is 0 Å². The summed E-state index contributed by atoms with van der Waals surface area (Å²) in [5.41, 5.74) is 1.68. The number of hydrogen-bond acceptors (Lipinski definition) is 4. The normalized spacial score (nSPS) is 17.7. The number of likely N-dealkylation sites (tertiary alicyclic amines) is 2. The fourth-order valence-electron chi connectivity index (χ4n) is 5.84. The van der Waals surface area contributed by atoms with Crippen LogP contribution in [0.2, 0.25) is 0 Å². The van der Waals surface area contributed by atoms with Gasteiger partial charge in [0.25, 0.3) is 0 Å². The molecule has 0 unspecified atom stereocenters. The van der Waals surface area contributed by atoms with E-state index in [4.69, 9.17) is 0 Å². The first-order valence-corrected chi connectivity index (χ1v) is 14.6. The molecule has 3 aromatic rings. The van der Waals surface area contributed by atoms with Gasteiger partial charge in [-0.15, -0.1) is 0 Å². The van der Waals surface area contributed by atoms with E-state index in [1.165, 1.54) is 51.4 Å². The summed E-state index contributed by atoms with van der Waals surface area (Å²) in [5.74, 6) is 0.149. The molecule has 3 aromatic carbocycles. The van der Waals surface area contributed by atoms with Crippen LogP contribution in [0.4, 0.5) is 11.4 Å². The zero-order chi connectivity index (χ0) is 26.2. The van der Waals surface area contributed by atoms with Crippen molar-refractivity contribution in [3.05, 3.63) is 48.5 Å². The van der Waals surface area contributed by atoms with Gasteiger partial charge in [-0.3, -0.25) is 9.59 Å². The van der Waals surface area contributed by atoms with Crippen LogP contribution in [-0.4, -0.2) is 60.9 Å². The lowest BCUT2D eigenvalue weighted by atomic mass is 10.0. The molecule has 2 fully saturated rings. The van der Waals surface area contributed by atoms with E-state index in [0.29, 0.717) is 12.8 Å². The Hall–Kier alpha value is -2.96. The summed E-state index contributed by atoms with van der Waals surface area (Å²) in [6, 6.07) is 16.5. The van der Waals surface area contributed by atoms with Crippen molar-refractivity contribution in [1.82, 2.24) is 9.80 Å². The lowest BCUT2D eigenvalue weighted by Crippen LogP contribution is -2.28. The van der Waals surface area contributed by atoms with E-state index in [9.17, 15) is 9.59 Å². The molecule has 202 valence electrons. The third-order valence-electron chi connectivity index (χ3n) is 8.07. The Morgan fingerprint density at radius 1 is 0.526 bits per heavy atom. The number of rotatable bonds is 8. The molecule has 0 aliphatic carbocycles. The van der Waals surface area contributed by atoms with Crippen LogP contribution in [0.3, 0.4) is 0 Å². The van der Waals surface area contributed by atoms with Crippen LogP contribution in [-0.2, 0) is 9.59 Å². The minimum Gasteiger partial charge on any atom is -0.326 e. The van der Waals surface area contributed by atoms with Crippen molar-refractivity contribution in [2.24, 2.45) is 0 Å². The number of benzene rings is 3. The summed E-state index contributed by atoms with van der Waals surface area (Å²) < 4.78 is 0. The maximum Gasteiger partial charge on any atom is 0.225 e. The molecule has 5 rings (SSSR count). The van der Waals surface area contributed by atoms with Gasteiger partial charge in [-0.05, 0) is 110 Å². The molecule has 6 nitrogen and oxygen atoms in total. The maximum atomic E-state index is 12.6. The van der Waals surface area contributed by atoms with E-state index < -0.39 is 0 Å². The van der Waals surface area contributed by atoms with Crippen molar-refractivity contribution in [3.8, 4) is 0 Å². The van der Waals surface area contributed by atoms with E-state index in [-0.39, 0.29) is 11.8 Å². The Labute approximate surface area is 226 Å². The average Bonchev–Trinajstić information content (AvgIpc) is 3.35. The van der Waals surface area contributed by atoms with Gasteiger partial charge in [-0.2, -0.15) is 0 Å². The van der Waals surface area contributed by atoms with Crippen molar-refractivity contribution < 1.29 is 9.59 Å². The molecule has 2 N–H and O–H groups in total. The highest BCUT2D eigenvalue weighted by atomic mass is 16.2. The number of nitrogens with one attached hydrogen (secondary N) is 2. The topological polar surface area (TPSA) is 64.7 Å². The van der Waals surface area contributed by atoms with Gasteiger partial charge in [0.05, 0.1) is 0 Å². The number of carbonyl (C=O) groups excluding carboxylic acids is 2. The number of fused-ring (bicyclic) bond motifs is 2. The fourth-order valence-corrected chi connectivity index (χ4v) is 5.84. The van der Waals surface area contributed by atoms with E-state index in [2.05, 4.69) is 56.8 Å². The quantitative estimate of drug-likeness (QED) is 0.341. The Morgan fingerprint density at radius 3 is 1.32 bits per heavy atom. The molecule has 2 aliphatic rings. The van der Waals surface area contributed by atoms with Gasteiger partial charge in [-0.1, -0.05) is 37.8 Å². The van der Waals surface area contributed by atoms with Crippen LogP contribution in [0, 0.1) is 0 Å². The smallest absolute Gasteiger partial charge is 0.225 e. The lowest BCUT2D eigenvalue weighted by molar-refractivity contribution is -0.117. The number of carbonyl (C=O) groups is 2. The highest BCUT2D eigenvalue weighted by molar-refractivity contribution is 6.02. The first-order chi connectivity index (χ1) is 18.6. The Kier molecular flexibility index (Phi) is 9.26. The number of hydrogen-bond donors (Lipinski definition) is 2. The predicted octanol–water partition coefficient (Wildman–Crippen LogP) is 6.40. The molecule has 0 spiro atoms. The lowest BCUT2D eigenvalue weighted by Gasteiger charge is -2.19. The zero-order valence-electron chi connectivity index (χ0n) is 22.6. The molecule has 0 radical (unpaired) electrons. The third-order valence-corrected chi connectivity index (χ3v) is 8.07. The summed E-state index contributed by atoms with van der Waals surface area (Å²) in [5, 5.41) is 10.6. The van der Waals surface area contributed by atoms with Crippen LogP contribution in [0.25, 0.3) is 21.5 Å². The highest BCUT2D eigenvalue weighted by Gasteiger charge is 2.13. The number of anilines is 2. The monoisotopic (exact) mass is 514 g/mol. The van der Waals surface area contributed by atoms with Crippen LogP contribution < -0.4 is 10.6 Å². The van der Waals surface area contributed by atoms with E-state index in [1.807, 2.05) is 12.1 Å². The van der Waals surface area contributed by atoms with Gasteiger partial charge in [0.15, 0.2) is 0 Å². The molecule has 2 heterocycles. The second-order valence-electron chi connectivity index (χ2n) is 11.1. The zero-order valence-corrected chi connectivity index (χ0v) is 22.6. The molecule has 38 heavy (non-hydrogen) atoms. The molecule has 6 heteroatoms. The summed E-state index contributed by atoms with van der Waals surface area (Å²) in [7, 11) is 0. The van der Waals surface area contributed by atoms with E-state index in [0.717, 1.165) is 72.2 Å². The summed E-state index contributed by atoms with van der Waals surface area (Å²) >= 11 is 0. The standard InChI is InChI=1S/C32H42N4O2/c37-31(13-19-35-15-5-1-2-6-16-35)33-29-11-9-25-22-28-24-30(12-10-26(28)21-27(25)23-29)34-32(38)14-20-36-17-7-3-4-8-18-36/h9-12,21-24H,1-8,13-20H2,(H,33,37)(H,34,38). The molecular weight excluding hydrogens is 472 g/mol. The number of amides is 2. The largest absolute Gasteiger partial charge is 0.326 e. The molecule has 0 saturated carbocycles. The first-order valence-electron chi connectivity index (χ1n) is 14.6. The van der Waals surface area contributed by atoms with Crippen LogP contribution >= 0.6 is 0 Å². The van der Waals surface area contributed by atoms with Crippen LogP contribution in [0.5, 0.6) is 0 Å². The Morgan fingerprint density at radius 2 is 0.921 bits per heavy atom. The van der Waals surface area contributed by atoms with Crippen molar-refractivity contribution in [2.75, 3.05) is 49.9 Å². The fraction of sp³-hybridized carbons (Fsp3) is 0.500. The Bertz CT molecular complexity index is 1140. The predicted molar refractivity (Wildman–Crippen MR) is 158 cm³/mol. The summed E-state index contributed by atoms with van der Waals surface area (Å²) in [6.45, 7) is 6.11. The van der Waals surface area contributed by atoms with Gasteiger partial charge in [0.2, 0.25) is 11.8 Å². The molecule has 0 bridgehead atoms. The minimum atomic E-state index is 0.0746. The van der Waals surface area contributed by atoms with E-state index in [1.54, 1.807) is 0 Å². The average molecular weight is 515 g/mol. The second-order valence-corrected chi connectivity index (χ2v) is 11.1. The summed E-state index contributed by atoms with van der Waals surface area (Å²) in [4.78, 5) is 30.0. The van der Waals surface area contributed by atoms with Crippen molar-refractivity contribution in [2.45, 2.75) is 64.2 Å². The first kappa shape index (κ1) is 26.6. The third kappa shape index (κ3) is 7.55. The van der Waals surface area contributed by atoms with Crippen molar-refractivity contribution in [1.29, 1.82) is 0 Å². The summed E-state index contributed by atoms with van der Waals surface area (Å²) in [6.07, 6.45) is 11.3. The molecule has 2 amide bonds. The van der Waals surface area contributed by atoms with Crippen molar-refractivity contribution >= 4 is 44.7 Å². The van der Waals surface area contributed by atoms with Gasteiger partial charge in [-0.25, -0.2) is 0 Å². The number of nitrogens with zero attached hydrogens (tertiary/aromatic N) is 2. The van der Waals surface area contributed by atoms with Gasteiger partial charge in [0, 0.05) is 37.3 Å². The Balaban J connectivity index is 1.17. The van der Waals surface area contributed by atoms with Gasteiger partial charge >= 0.3 is 0 Å². The SMILES string of the molecule is O=C(CCN1CCCCCC1)Nc1ccc2cc3cc(NC(=O)CCN4CCCCCC4)ccc3cc2c1. The maximum absolute atomic E-state index is 12.6. The highest BCUT2D eigenvalue weighted by Crippen LogP contribution is 2.27.